The minimum atomic E-state index is -4.34. The third-order valence-electron chi connectivity index (χ3n) is 7.84. The van der Waals surface area contributed by atoms with Gasteiger partial charge >= 0.3 is 5.69 Å². The van der Waals surface area contributed by atoms with Crippen molar-refractivity contribution >= 4 is 62.1 Å². The van der Waals surface area contributed by atoms with Gasteiger partial charge in [0.25, 0.3) is 10.1 Å². The maximum absolute atomic E-state index is 12.3. The molecular weight excluding hydrogens is 708 g/mol. The Kier molecular flexibility index (Phi) is 11.8. The third-order valence-corrected chi connectivity index (χ3v) is 9.04. The van der Waals surface area contributed by atoms with Crippen molar-refractivity contribution in [3.63, 3.8) is 0 Å². The minimum absolute atomic E-state index is 0.0187. The average Bonchev–Trinajstić information content (AvgIpc) is 3.05. The highest BCUT2D eigenvalue weighted by Gasteiger charge is 2.16. The molecule has 5 N–H and O–H groups in total. The molecular formula is C36H37ClN8O6S. The first-order valence-corrected chi connectivity index (χ1v) is 17.8. The summed E-state index contributed by atoms with van der Waals surface area (Å²) in [6.07, 6.45) is -0.443. The molecule has 4 aromatic carbocycles. The van der Waals surface area contributed by atoms with Crippen LogP contribution in [-0.4, -0.2) is 46.7 Å². The molecule has 0 radical (unpaired) electrons. The Labute approximate surface area is 305 Å². The highest BCUT2D eigenvalue weighted by molar-refractivity contribution is 7.85. The predicted octanol–water partition coefficient (Wildman–Crippen LogP) is 7.46. The zero-order valence-corrected chi connectivity index (χ0v) is 30.6. The first-order chi connectivity index (χ1) is 24.7. The van der Waals surface area contributed by atoms with Crippen LogP contribution in [0.25, 0.3) is 0 Å². The van der Waals surface area contributed by atoms with Gasteiger partial charge in [-0.1, -0.05) is 48.0 Å². The van der Waals surface area contributed by atoms with Crippen LogP contribution in [0.3, 0.4) is 0 Å². The second kappa shape index (κ2) is 16.2. The highest BCUT2D eigenvalue weighted by atomic mass is 35.5. The van der Waals surface area contributed by atoms with Crippen LogP contribution in [-0.2, 0) is 26.1 Å². The van der Waals surface area contributed by atoms with Crippen molar-refractivity contribution in [3.8, 4) is 0 Å². The second-order valence-corrected chi connectivity index (χ2v) is 13.9. The number of para-hydroxylation sites is 1. The Morgan fingerprint density at radius 3 is 2.13 bits per heavy atom. The van der Waals surface area contributed by atoms with Crippen LogP contribution in [0.15, 0.2) is 92.7 Å². The fraction of sp³-hybridized carbons (Fsp3) is 0.222. The lowest BCUT2D eigenvalue weighted by atomic mass is 9.96. The number of ketones is 1. The number of nitrogens with zero attached hydrogens (tertiary/aromatic N) is 4. The molecule has 1 aromatic heterocycles. The van der Waals surface area contributed by atoms with Gasteiger partial charge in [-0.25, -0.2) is 4.79 Å². The number of aromatic amines is 1. The van der Waals surface area contributed by atoms with Crippen molar-refractivity contribution < 1.29 is 22.5 Å². The molecule has 0 bridgehead atoms. The van der Waals surface area contributed by atoms with E-state index in [2.05, 4.69) is 41.1 Å². The molecule has 16 heteroatoms. The van der Waals surface area contributed by atoms with Crippen LogP contribution >= 0.6 is 11.6 Å². The summed E-state index contributed by atoms with van der Waals surface area (Å²) in [6.45, 7) is 9.18. The molecule has 5 rings (SSSR count). The van der Waals surface area contributed by atoms with E-state index in [4.69, 9.17) is 16.3 Å². The van der Waals surface area contributed by atoms with Crippen LogP contribution < -0.4 is 21.6 Å². The summed E-state index contributed by atoms with van der Waals surface area (Å²) < 4.78 is 37.5. The van der Waals surface area contributed by atoms with Gasteiger partial charge in [-0.05, 0) is 111 Å². The number of benzene rings is 4. The molecule has 5 aromatic rings. The zero-order valence-electron chi connectivity index (χ0n) is 29.0. The number of ether oxygens (including phenoxy) is 1. The number of carbonyl (C=O) groups excluding carboxylic acids is 1. The van der Waals surface area contributed by atoms with Crippen LogP contribution in [0.2, 0.25) is 5.02 Å². The summed E-state index contributed by atoms with van der Waals surface area (Å²) in [6, 6.07) is 20.7. The summed E-state index contributed by atoms with van der Waals surface area (Å²) in [7, 11) is -4.34. The molecule has 0 amide bonds. The van der Waals surface area contributed by atoms with Crippen molar-refractivity contribution in [2.24, 2.45) is 10.2 Å². The number of nitrogens with one attached hydrogen (secondary N) is 4. The fourth-order valence-electron chi connectivity index (χ4n) is 5.50. The molecule has 1 unspecified atom stereocenters. The van der Waals surface area contributed by atoms with Gasteiger partial charge < -0.3 is 20.7 Å². The van der Waals surface area contributed by atoms with E-state index in [9.17, 15) is 22.6 Å². The van der Waals surface area contributed by atoms with E-state index in [1.807, 2.05) is 64.1 Å². The van der Waals surface area contributed by atoms with Crippen LogP contribution in [0.4, 0.5) is 34.6 Å². The molecule has 0 aliphatic rings. The van der Waals surface area contributed by atoms with Crippen molar-refractivity contribution in [2.45, 2.75) is 52.2 Å². The first kappa shape index (κ1) is 37.8. The number of anilines is 5. The maximum Gasteiger partial charge on any atom is 0.351 e. The maximum atomic E-state index is 12.3. The van der Waals surface area contributed by atoms with Crippen LogP contribution in [0, 0.1) is 27.7 Å². The van der Waals surface area contributed by atoms with Gasteiger partial charge in [-0.2, -0.15) is 23.5 Å². The minimum Gasteiger partial charge on any atom is -0.361 e. The lowest BCUT2D eigenvalue weighted by Crippen LogP contribution is -2.22. The molecule has 0 aliphatic heterocycles. The second-order valence-electron chi connectivity index (χ2n) is 12.1. The molecule has 270 valence electrons. The fourth-order valence-corrected chi connectivity index (χ4v) is 6.18. The van der Waals surface area contributed by atoms with Gasteiger partial charge in [-0.15, -0.1) is 5.11 Å². The summed E-state index contributed by atoms with van der Waals surface area (Å²) >= 11 is 6.17. The molecule has 0 fully saturated rings. The molecule has 14 nitrogen and oxygen atoms in total. The van der Waals surface area contributed by atoms with Gasteiger partial charge in [0.2, 0.25) is 18.1 Å². The first-order valence-electron chi connectivity index (χ1n) is 16.0. The molecule has 0 saturated heterocycles. The smallest absolute Gasteiger partial charge is 0.351 e. The van der Waals surface area contributed by atoms with E-state index >= 15 is 0 Å². The van der Waals surface area contributed by atoms with E-state index < -0.39 is 22.0 Å². The number of azo groups is 1. The van der Waals surface area contributed by atoms with Gasteiger partial charge in [-0.3, -0.25) is 14.3 Å². The molecule has 0 saturated carbocycles. The van der Waals surface area contributed by atoms with E-state index in [-0.39, 0.29) is 29.3 Å². The Morgan fingerprint density at radius 2 is 1.54 bits per heavy atom. The lowest BCUT2D eigenvalue weighted by Gasteiger charge is -2.15. The van der Waals surface area contributed by atoms with Gasteiger partial charge in [0.1, 0.15) is 6.73 Å². The molecule has 0 spiro atoms. The molecule has 0 aliphatic carbocycles. The standard InChI is InChI=1S/C36H37ClN8O6S/c1-20-14-25(15-21(2)31(20)40-35-41-34(42-36(47)43-35)39-27-10-12-28(13-11-27)52(48,49)50)18-26-16-22(3)32(23(4)17-26)44-45-33(24(5)46)51-19-38-30-9-7-6-8-29(30)37/h6-17,33,38H,18-19H2,1-5H3,(H,48,49,50)(H3,39,40,41,42,43,47). The third kappa shape index (κ3) is 9.85. The number of carbonyl (C=O) groups is 1. The van der Waals surface area contributed by atoms with Crippen molar-refractivity contribution in [1.29, 1.82) is 0 Å². The Morgan fingerprint density at radius 1 is 0.923 bits per heavy atom. The van der Waals surface area contributed by atoms with Gasteiger partial charge in [0, 0.05) is 11.4 Å². The van der Waals surface area contributed by atoms with Crippen molar-refractivity contribution in [1.82, 2.24) is 15.0 Å². The van der Waals surface area contributed by atoms with Gasteiger partial charge in [0.15, 0.2) is 5.78 Å². The quantitative estimate of drug-likeness (QED) is 0.0429. The Hall–Kier alpha value is -5.48. The summed E-state index contributed by atoms with van der Waals surface area (Å²) in [5, 5.41) is 18.2. The highest BCUT2D eigenvalue weighted by Crippen LogP contribution is 2.30. The average molecular weight is 745 g/mol. The zero-order chi connectivity index (χ0) is 37.6. The van der Waals surface area contributed by atoms with Crippen LogP contribution in [0.5, 0.6) is 0 Å². The normalized spacial score (nSPS) is 12.1. The van der Waals surface area contributed by atoms with Crippen molar-refractivity contribution in [2.75, 3.05) is 22.7 Å². The number of aromatic nitrogens is 3. The van der Waals surface area contributed by atoms with E-state index in [0.29, 0.717) is 28.5 Å². The Bertz CT molecular complexity index is 2270. The lowest BCUT2D eigenvalue weighted by molar-refractivity contribution is -0.127. The van der Waals surface area contributed by atoms with Crippen LogP contribution in [0.1, 0.15) is 40.3 Å². The number of H-pyrrole nitrogens is 1. The largest absolute Gasteiger partial charge is 0.361 e. The van der Waals surface area contributed by atoms with Gasteiger partial charge in [0.05, 0.1) is 21.3 Å². The SMILES string of the molecule is CC(=O)C(N=Nc1c(C)cc(Cc2cc(C)c(Nc3nc(Nc4ccc(S(=O)(=O)O)cc4)[nH]c(=O)n3)c(C)c2)cc1C)OCNc1ccccc1Cl. The summed E-state index contributed by atoms with van der Waals surface area (Å²) in [5.41, 5.74) is 7.60. The molecule has 1 atom stereocenters. The topological polar surface area (TPSA) is 200 Å². The number of Topliss-reactive ketones (excluding diaryl/α,β-unsaturated/α-hetero) is 1. The summed E-state index contributed by atoms with van der Waals surface area (Å²) in [4.78, 5) is 35.1. The van der Waals surface area contributed by atoms with E-state index in [1.165, 1.54) is 31.2 Å². The molecule has 1 heterocycles. The summed E-state index contributed by atoms with van der Waals surface area (Å²) in [5.74, 6) is -0.142. The number of hydrogen-bond acceptors (Lipinski definition) is 12. The number of aryl methyl sites for hydroxylation is 4. The number of halogens is 1. The van der Waals surface area contributed by atoms with E-state index in [0.717, 1.165) is 39.1 Å². The number of rotatable bonds is 14. The van der Waals surface area contributed by atoms with E-state index in [1.54, 1.807) is 12.1 Å². The monoisotopic (exact) mass is 744 g/mol. The molecule has 52 heavy (non-hydrogen) atoms. The Balaban J connectivity index is 1.26. The number of hydrogen-bond donors (Lipinski definition) is 5. The predicted molar refractivity (Wildman–Crippen MR) is 200 cm³/mol. The van der Waals surface area contributed by atoms with Crippen molar-refractivity contribution in [3.05, 3.63) is 122 Å².